The number of methoxy groups -OCH3 is 1. The fourth-order valence-corrected chi connectivity index (χ4v) is 3.25. The topological polar surface area (TPSA) is 89.1 Å². The molecule has 156 valence electrons. The van der Waals surface area contributed by atoms with E-state index in [2.05, 4.69) is 5.32 Å². The number of rotatable bonds is 6. The van der Waals surface area contributed by atoms with Crippen LogP contribution in [0.15, 0.2) is 18.2 Å². The van der Waals surface area contributed by atoms with Crippen LogP contribution in [0.25, 0.3) is 0 Å². The van der Waals surface area contributed by atoms with Gasteiger partial charge in [0.25, 0.3) is 5.72 Å². The molecule has 0 spiro atoms. The standard InChI is InChI=1S/C17H21F3N2O5S/c1-4-26-10-7-6-9(8-11(10)25-3)13-12(14(23)27-5-2)16(24,17(18,19)20)22-15(28)21-13/h6-8,12-13,24H,4-5H2,1-3H3,(H2,21,22,28)/t12-,13-,16-/m0/s1. The van der Waals surface area contributed by atoms with Crippen molar-refractivity contribution in [1.29, 1.82) is 0 Å². The molecular formula is C17H21F3N2O5S. The molecule has 0 bridgehead atoms. The Kier molecular flexibility index (Phi) is 6.60. The van der Waals surface area contributed by atoms with Crippen molar-refractivity contribution in [2.75, 3.05) is 20.3 Å². The van der Waals surface area contributed by atoms with E-state index in [-0.39, 0.29) is 17.9 Å². The van der Waals surface area contributed by atoms with Crippen LogP contribution in [-0.2, 0) is 9.53 Å². The Morgan fingerprint density at radius 3 is 2.50 bits per heavy atom. The highest BCUT2D eigenvalue weighted by Crippen LogP contribution is 2.44. The monoisotopic (exact) mass is 422 g/mol. The molecule has 1 aliphatic rings. The van der Waals surface area contributed by atoms with Gasteiger partial charge in [0.2, 0.25) is 0 Å². The predicted octanol–water partition coefficient (Wildman–Crippen LogP) is 2.04. The SMILES string of the molecule is CCOC(=O)[C@@H]1[C@H](c2ccc(OCC)c(OC)c2)NC(=S)N[C@@]1(O)C(F)(F)F. The zero-order chi connectivity index (χ0) is 21.1. The van der Waals surface area contributed by atoms with E-state index in [1.807, 2.05) is 0 Å². The van der Waals surface area contributed by atoms with Crippen molar-refractivity contribution in [3.8, 4) is 11.5 Å². The first-order valence-electron chi connectivity index (χ1n) is 8.44. The summed E-state index contributed by atoms with van der Waals surface area (Å²) in [4.78, 5) is 12.4. The summed E-state index contributed by atoms with van der Waals surface area (Å²) in [5.41, 5.74) is -3.39. The van der Waals surface area contributed by atoms with Crippen molar-refractivity contribution in [3.63, 3.8) is 0 Å². The number of benzene rings is 1. The van der Waals surface area contributed by atoms with Gasteiger partial charge in [-0.1, -0.05) is 6.07 Å². The number of thiocarbonyl (C=S) groups is 1. The molecule has 0 amide bonds. The van der Waals surface area contributed by atoms with Crippen molar-refractivity contribution < 1.29 is 37.3 Å². The first kappa shape index (κ1) is 22.0. The van der Waals surface area contributed by atoms with Crippen LogP contribution in [0.1, 0.15) is 25.5 Å². The van der Waals surface area contributed by atoms with Crippen LogP contribution in [0.5, 0.6) is 11.5 Å². The lowest BCUT2D eigenvalue weighted by Crippen LogP contribution is -2.73. The zero-order valence-corrected chi connectivity index (χ0v) is 16.2. The van der Waals surface area contributed by atoms with Gasteiger partial charge in [-0.25, -0.2) is 0 Å². The van der Waals surface area contributed by atoms with Gasteiger partial charge in [-0.15, -0.1) is 0 Å². The Morgan fingerprint density at radius 1 is 1.29 bits per heavy atom. The highest BCUT2D eigenvalue weighted by molar-refractivity contribution is 7.80. The van der Waals surface area contributed by atoms with Crippen LogP contribution in [0, 0.1) is 5.92 Å². The number of nitrogens with one attached hydrogen (secondary N) is 2. The third-order valence-corrected chi connectivity index (χ3v) is 4.41. The number of halogens is 3. The lowest BCUT2D eigenvalue weighted by molar-refractivity contribution is -0.292. The van der Waals surface area contributed by atoms with Gasteiger partial charge in [0, 0.05) is 0 Å². The van der Waals surface area contributed by atoms with E-state index in [1.54, 1.807) is 12.2 Å². The van der Waals surface area contributed by atoms with E-state index < -0.39 is 34.9 Å². The lowest BCUT2D eigenvalue weighted by Gasteiger charge is -2.45. The average molecular weight is 422 g/mol. The number of hydrogen-bond acceptors (Lipinski definition) is 6. The quantitative estimate of drug-likeness (QED) is 0.474. The van der Waals surface area contributed by atoms with Gasteiger partial charge in [-0.2, -0.15) is 13.2 Å². The van der Waals surface area contributed by atoms with E-state index in [4.69, 9.17) is 26.4 Å². The van der Waals surface area contributed by atoms with Crippen LogP contribution < -0.4 is 20.1 Å². The van der Waals surface area contributed by atoms with E-state index in [0.29, 0.717) is 12.4 Å². The Morgan fingerprint density at radius 2 is 1.96 bits per heavy atom. The molecule has 0 radical (unpaired) electrons. The van der Waals surface area contributed by atoms with Crippen molar-refractivity contribution >= 4 is 23.3 Å². The lowest BCUT2D eigenvalue weighted by atomic mass is 9.82. The number of carbonyl (C=O) groups excluding carboxylic acids is 1. The number of esters is 1. The van der Waals surface area contributed by atoms with Gasteiger partial charge in [-0.05, 0) is 43.8 Å². The molecule has 1 heterocycles. The molecule has 0 aliphatic carbocycles. The molecule has 0 unspecified atom stereocenters. The molecule has 0 aromatic heterocycles. The molecule has 1 fully saturated rings. The van der Waals surface area contributed by atoms with Gasteiger partial charge in [-0.3, -0.25) is 4.79 Å². The second-order valence-corrected chi connectivity index (χ2v) is 6.32. The molecule has 3 atom stereocenters. The van der Waals surface area contributed by atoms with Crippen molar-refractivity contribution in [2.24, 2.45) is 5.92 Å². The highest BCUT2D eigenvalue weighted by Gasteiger charge is 2.66. The second kappa shape index (κ2) is 8.39. The van der Waals surface area contributed by atoms with Gasteiger partial charge in [0.05, 0.1) is 26.4 Å². The third-order valence-electron chi connectivity index (χ3n) is 4.19. The summed E-state index contributed by atoms with van der Waals surface area (Å²) in [6.45, 7) is 3.41. The molecule has 28 heavy (non-hydrogen) atoms. The summed E-state index contributed by atoms with van der Waals surface area (Å²) in [5.74, 6) is -2.67. The summed E-state index contributed by atoms with van der Waals surface area (Å²) in [6.07, 6.45) is -5.20. The first-order valence-corrected chi connectivity index (χ1v) is 8.85. The molecule has 1 aliphatic heterocycles. The zero-order valence-electron chi connectivity index (χ0n) is 15.4. The summed E-state index contributed by atoms with van der Waals surface area (Å²) in [7, 11) is 1.37. The van der Waals surface area contributed by atoms with E-state index in [0.717, 1.165) is 0 Å². The molecular weight excluding hydrogens is 401 g/mol. The normalized spacial score (nSPS) is 24.8. The van der Waals surface area contributed by atoms with Crippen molar-refractivity contribution in [2.45, 2.75) is 31.8 Å². The van der Waals surface area contributed by atoms with Crippen molar-refractivity contribution in [3.05, 3.63) is 23.8 Å². The fourth-order valence-electron chi connectivity index (χ4n) is 2.97. The van der Waals surface area contributed by atoms with Crippen LogP contribution in [0.3, 0.4) is 0 Å². The molecule has 1 saturated heterocycles. The van der Waals surface area contributed by atoms with E-state index >= 15 is 0 Å². The molecule has 3 N–H and O–H groups in total. The number of carbonyl (C=O) groups is 1. The molecule has 11 heteroatoms. The molecule has 1 aromatic carbocycles. The minimum absolute atomic E-state index is 0.160. The number of ether oxygens (including phenoxy) is 3. The highest BCUT2D eigenvalue weighted by atomic mass is 32.1. The third kappa shape index (κ3) is 4.09. The molecule has 7 nitrogen and oxygen atoms in total. The summed E-state index contributed by atoms with van der Waals surface area (Å²) in [6, 6.07) is 3.05. The Labute approximate surface area is 165 Å². The number of aliphatic hydroxyl groups is 1. The van der Waals surface area contributed by atoms with Gasteiger partial charge in [0.15, 0.2) is 16.6 Å². The van der Waals surface area contributed by atoms with Crippen LogP contribution in [-0.4, -0.2) is 48.4 Å². The van der Waals surface area contributed by atoms with E-state index in [9.17, 15) is 23.1 Å². The van der Waals surface area contributed by atoms with Crippen LogP contribution in [0.2, 0.25) is 0 Å². The number of alkyl halides is 3. The predicted molar refractivity (Wildman–Crippen MR) is 96.9 cm³/mol. The smallest absolute Gasteiger partial charge is 0.437 e. The van der Waals surface area contributed by atoms with E-state index in [1.165, 1.54) is 32.2 Å². The minimum atomic E-state index is -5.20. The minimum Gasteiger partial charge on any atom is -0.493 e. The maximum atomic E-state index is 13.7. The molecule has 2 rings (SSSR count). The van der Waals surface area contributed by atoms with Crippen LogP contribution in [0.4, 0.5) is 13.2 Å². The van der Waals surface area contributed by atoms with Crippen LogP contribution >= 0.6 is 12.2 Å². The Bertz CT molecular complexity index is 746. The average Bonchev–Trinajstić information content (AvgIpc) is 2.60. The first-order chi connectivity index (χ1) is 13.1. The summed E-state index contributed by atoms with van der Waals surface area (Å²) in [5, 5.41) is 14.3. The largest absolute Gasteiger partial charge is 0.493 e. The Hall–Kier alpha value is -2.27. The Balaban J connectivity index is 2.58. The number of hydrogen-bond donors (Lipinski definition) is 3. The molecule has 0 saturated carbocycles. The van der Waals surface area contributed by atoms with Gasteiger partial charge >= 0.3 is 12.1 Å². The summed E-state index contributed by atoms with van der Waals surface area (Å²) < 4.78 is 56.5. The fraction of sp³-hybridized carbons (Fsp3) is 0.529. The summed E-state index contributed by atoms with van der Waals surface area (Å²) >= 11 is 4.84. The maximum Gasteiger partial charge on any atom is 0.437 e. The van der Waals surface area contributed by atoms with Gasteiger partial charge in [0.1, 0.15) is 5.92 Å². The maximum absolute atomic E-state index is 13.7. The van der Waals surface area contributed by atoms with Gasteiger partial charge < -0.3 is 30.0 Å². The second-order valence-electron chi connectivity index (χ2n) is 5.91. The van der Waals surface area contributed by atoms with Crippen molar-refractivity contribution in [1.82, 2.24) is 10.6 Å². The molecule has 1 aromatic rings.